The first-order valence-electron chi connectivity index (χ1n) is 11.9. The molecule has 1 saturated heterocycles. The van der Waals surface area contributed by atoms with Crippen LogP contribution in [0, 0.1) is 19.7 Å². The lowest BCUT2D eigenvalue weighted by molar-refractivity contribution is -0.121. The molecule has 0 saturated carbocycles. The van der Waals surface area contributed by atoms with Gasteiger partial charge in [0.2, 0.25) is 5.91 Å². The minimum atomic E-state index is -0.473. The highest BCUT2D eigenvalue weighted by molar-refractivity contribution is 5.87. The summed E-state index contributed by atoms with van der Waals surface area (Å²) in [7, 11) is 0. The first kappa shape index (κ1) is 23.9. The van der Waals surface area contributed by atoms with Gasteiger partial charge in [0.05, 0.1) is 5.92 Å². The molecule has 1 aliphatic rings. The Balaban J connectivity index is 1.42. The highest BCUT2D eigenvalue weighted by atomic mass is 19.1. The van der Waals surface area contributed by atoms with Crippen LogP contribution >= 0.6 is 0 Å². The minimum absolute atomic E-state index is 0.0477. The van der Waals surface area contributed by atoms with Gasteiger partial charge in [-0.15, -0.1) is 6.58 Å². The number of amides is 1. The number of nitrogens with zero attached hydrogens (tertiary/aromatic N) is 1. The van der Waals surface area contributed by atoms with Crippen LogP contribution in [0.25, 0.3) is 0 Å². The molecule has 0 spiro atoms. The molecule has 0 radical (unpaired) electrons. The van der Waals surface area contributed by atoms with Gasteiger partial charge in [0, 0.05) is 25.0 Å². The van der Waals surface area contributed by atoms with Gasteiger partial charge in [0.1, 0.15) is 5.82 Å². The summed E-state index contributed by atoms with van der Waals surface area (Å²) < 4.78 is 13.5. The Labute approximate surface area is 202 Å². The van der Waals surface area contributed by atoms with Gasteiger partial charge in [0.15, 0.2) is 0 Å². The predicted octanol–water partition coefficient (Wildman–Crippen LogP) is 5.52. The number of carbonyl (C=O) groups excluding carboxylic acids is 1. The van der Waals surface area contributed by atoms with E-state index in [1.807, 2.05) is 31.2 Å². The molecule has 1 amide bonds. The molecule has 4 rings (SSSR count). The highest BCUT2D eigenvalue weighted by Crippen LogP contribution is 2.37. The quantitative estimate of drug-likeness (QED) is 0.453. The molecule has 0 aliphatic carbocycles. The van der Waals surface area contributed by atoms with Crippen molar-refractivity contribution in [2.24, 2.45) is 0 Å². The summed E-state index contributed by atoms with van der Waals surface area (Å²) in [6, 6.07) is 22.7. The fraction of sp³-hybridized carbons (Fsp3) is 0.300. The molecular weight excluding hydrogens is 423 g/mol. The zero-order chi connectivity index (χ0) is 24.1. The Morgan fingerprint density at radius 2 is 1.71 bits per heavy atom. The van der Waals surface area contributed by atoms with Gasteiger partial charge in [-0.2, -0.15) is 0 Å². The van der Waals surface area contributed by atoms with E-state index < -0.39 is 5.92 Å². The van der Waals surface area contributed by atoms with Crippen molar-refractivity contribution < 1.29 is 9.18 Å². The number of hydrogen-bond donors (Lipinski definition) is 1. The number of benzene rings is 3. The maximum atomic E-state index is 13.5. The van der Waals surface area contributed by atoms with Crippen LogP contribution in [-0.4, -0.2) is 37.0 Å². The Kier molecular flexibility index (Phi) is 7.28. The second-order valence-electron chi connectivity index (χ2n) is 9.39. The molecule has 1 fully saturated rings. The number of aryl methyl sites for hydroxylation is 2. The van der Waals surface area contributed by atoms with Crippen LogP contribution in [0.2, 0.25) is 0 Å². The Hall–Kier alpha value is -3.24. The van der Waals surface area contributed by atoms with Gasteiger partial charge >= 0.3 is 0 Å². The van der Waals surface area contributed by atoms with Gasteiger partial charge in [-0.1, -0.05) is 72.3 Å². The number of halogens is 1. The highest BCUT2D eigenvalue weighted by Gasteiger charge is 2.37. The average molecular weight is 457 g/mol. The first-order valence-corrected chi connectivity index (χ1v) is 11.9. The number of carbonyl (C=O) groups is 1. The lowest BCUT2D eigenvalue weighted by Crippen LogP contribution is -2.38. The number of hydrogen-bond acceptors (Lipinski definition) is 2. The van der Waals surface area contributed by atoms with E-state index in [1.165, 1.54) is 23.3 Å². The van der Waals surface area contributed by atoms with Crippen molar-refractivity contribution in [3.63, 3.8) is 0 Å². The maximum absolute atomic E-state index is 13.5. The van der Waals surface area contributed by atoms with Gasteiger partial charge in [-0.25, -0.2) is 4.39 Å². The van der Waals surface area contributed by atoms with Crippen LogP contribution in [0.3, 0.4) is 0 Å². The van der Waals surface area contributed by atoms with Gasteiger partial charge in [-0.3, -0.25) is 4.79 Å². The third-order valence-corrected chi connectivity index (χ3v) is 7.06. The van der Waals surface area contributed by atoms with Crippen LogP contribution < -0.4 is 5.32 Å². The molecular formula is C30H33FN2O. The monoisotopic (exact) mass is 456 g/mol. The molecule has 34 heavy (non-hydrogen) atoms. The molecule has 1 aliphatic heterocycles. The molecule has 4 heteroatoms. The second kappa shape index (κ2) is 10.4. The number of likely N-dealkylation sites (tertiary alicyclic amines) is 1. The lowest BCUT2D eigenvalue weighted by Gasteiger charge is -2.28. The summed E-state index contributed by atoms with van der Waals surface area (Å²) in [5.74, 6) is -0.845. The Morgan fingerprint density at radius 1 is 1.06 bits per heavy atom. The van der Waals surface area contributed by atoms with E-state index in [2.05, 4.69) is 54.1 Å². The number of nitrogens with one attached hydrogen (secondary N) is 1. The van der Waals surface area contributed by atoms with Crippen molar-refractivity contribution in [2.75, 3.05) is 26.2 Å². The van der Waals surface area contributed by atoms with Crippen LogP contribution in [-0.2, 0) is 10.2 Å². The SMILES string of the molecule is C=CC1(c2ccccc2C)CCN(CCNC(=O)C(c2ccc(C)cc2)c2ccc(F)cc2)C1. The topological polar surface area (TPSA) is 32.3 Å². The Morgan fingerprint density at radius 3 is 2.35 bits per heavy atom. The van der Waals surface area contributed by atoms with E-state index in [1.54, 1.807) is 12.1 Å². The summed E-state index contributed by atoms with van der Waals surface area (Å²) in [6.45, 7) is 11.5. The van der Waals surface area contributed by atoms with E-state index in [4.69, 9.17) is 0 Å². The maximum Gasteiger partial charge on any atom is 0.232 e. The third-order valence-electron chi connectivity index (χ3n) is 7.06. The average Bonchev–Trinajstić information content (AvgIpc) is 3.26. The van der Waals surface area contributed by atoms with E-state index in [0.29, 0.717) is 6.54 Å². The molecule has 1 N–H and O–H groups in total. The van der Waals surface area contributed by atoms with Gasteiger partial charge in [-0.05, 0) is 61.2 Å². The number of rotatable bonds is 8. The van der Waals surface area contributed by atoms with Crippen molar-refractivity contribution in [3.8, 4) is 0 Å². The largest absolute Gasteiger partial charge is 0.354 e. The van der Waals surface area contributed by atoms with Crippen LogP contribution in [0.4, 0.5) is 4.39 Å². The molecule has 2 unspecified atom stereocenters. The van der Waals surface area contributed by atoms with Crippen molar-refractivity contribution in [2.45, 2.75) is 31.6 Å². The fourth-order valence-electron chi connectivity index (χ4n) is 5.08. The van der Waals surface area contributed by atoms with Crippen LogP contribution in [0.15, 0.2) is 85.5 Å². The summed E-state index contributed by atoms with van der Waals surface area (Å²) in [4.78, 5) is 15.7. The lowest BCUT2D eigenvalue weighted by atomic mass is 9.78. The molecule has 3 nitrogen and oxygen atoms in total. The fourth-order valence-corrected chi connectivity index (χ4v) is 5.08. The van der Waals surface area contributed by atoms with Crippen LogP contribution in [0.1, 0.15) is 40.2 Å². The molecule has 0 bridgehead atoms. The smallest absolute Gasteiger partial charge is 0.232 e. The second-order valence-corrected chi connectivity index (χ2v) is 9.39. The minimum Gasteiger partial charge on any atom is -0.354 e. The molecule has 0 aromatic heterocycles. The van der Waals surface area contributed by atoms with E-state index >= 15 is 0 Å². The van der Waals surface area contributed by atoms with Crippen LogP contribution in [0.5, 0.6) is 0 Å². The summed E-state index contributed by atoms with van der Waals surface area (Å²) in [5, 5.41) is 3.13. The van der Waals surface area contributed by atoms with Crippen molar-refractivity contribution in [1.29, 1.82) is 0 Å². The standard InChI is InChI=1S/C30H33FN2O/c1-4-30(27-8-6-5-7-23(27)3)17-19-33(21-30)20-18-32-29(34)28(24-11-9-22(2)10-12-24)25-13-15-26(31)16-14-25/h4-16,28H,1,17-21H2,2-3H3,(H,32,34). The molecule has 176 valence electrons. The van der Waals surface area contributed by atoms with Crippen molar-refractivity contribution in [3.05, 3.63) is 119 Å². The molecule has 3 aromatic rings. The van der Waals surface area contributed by atoms with E-state index in [9.17, 15) is 9.18 Å². The molecule has 2 atom stereocenters. The third kappa shape index (κ3) is 5.13. The predicted molar refractivity (Wildman–Crippen MR) is 137 cm³/mol. The molecule has 3 aromatic carbocycles. The zero-order valence-electron chi connectivity index (χ0n) is 20.1. The van der Waals surface area contributed by atoms with Gasteiger partial charge in [0.25, 0.3) is 0 Å². The van der Waals surface area contributed by atoms with E-state index in [-0.39, 0.29) is 17.1 Å². The normalized spacial score (nSPS) is 19.0. The van der Waals surface area contributed by atoms with Gasteiger partial charge < -0.3 is 10.2 Å². The molecule has 1 heterocycles. The van der Waals surface area contributed by atoms with Crippen molar-refractivity contribution >= 4 is 5.91 Å². The zero-order valence-corrected chi connectivity index (χ0v) is 20.1. The Bertz CT molecular complexity index is 1090. The summed E-state index contributed by atoms with van der Waals surface area (Å²) in [5.41, 5.74) is 5.41. The summed E-state index contributed by atoms with van der Waals surface area (Å²) in [6.07, 6.45) is 3.12. The van der Waals surface area contributed by atoms with E-state index in [0.717, 1.165) is 42.7 Å². The summed E-state index contributed by atoms with van der Waals surface area (Å²) >= 11 is 0. The first-order chi connectivity index (χ1) is 16.4. The van der Waals surface area contributed by atoms with Crippen molar-refractivity contribution in [1.82, 2.24) is 10.2 Å².